The molecule has 7 nitrogen and oxygen atoms in total. The van der Waals surface area contributed by atoms with Crippen LogP contribution < -0.4 is 5.32 Å². The number of carbonyl (C=O) groups excluding carboxylic acids is 1. The van der Waals surface area contributed by atoms with Crippen molar-refractivity contribution in [1.82, 2.24) is 19.8 Å². The molecule has 148 valence electrons. The lowest BCUT2D eigenvalue weighted by molar-refractivity contribution is 0.0664. The predicted octanol–water partition coefficient (Wildman–Crippen LogP) is 3.00. The molecule has 0 radical (unpaired) electrons. The first-order valence-electron chi connectivity index (χ1n) is 8.96. The summed E-state index contributed by atoms with van der Waals surface area (Å²) >= 11 is 0. The van der Waals surface area contributed by atoms with Crippen LogP contribution in [-0.2, 0) is 12.0 Å². The number of piperazine rings is 1. The van der Waals surface area contributed by atoms with Gasteiger partial charge in [0.05, 0.1) is 12.8 Å². The molecule has 0 atom stereocenters. The Hall–Kier alpha value is -2.41. The van der Waals surface area contributed by atoms with Gasteiger partial charge in [0.25, 0.3) is 5.91 Å². The minimum atomic E-state index is -0.198. The molecule has 0 aliphatic carbocycles. The Kier molecular flexibility index (Phi) is 6.59. The molecule has 1 N–H and O–H groups in total. The molecule has 0 spiro atoms. The summed E-state index contributed by atoms with van der Waals surface area (Å²) in [5.74, 6) is 2.03. The van der Waals surface area contributed by atoms with Crippen LogP contribution in [0.1, 0.15) is 50.1 Å². The second-order valence-corrected chi connectivity index (χ2v) is 7.73. The van der Waals surface area contributed by atoms with Gasteiger partial charge < -0.3 is 19.5 Å². The third-order valence-corrected chi connectivity index (χ3v) is 4.49. The van der Waals surface area contributed by atoms with Gasteiger partial charge in [-0.25, -0.2) is 9.97 Å². The molecular formula is C20H31N5O2. The van der Waals surface area contributed by atoms with Gasteiger partial charge in [-0.3, -0.25) is 4.79 Å². The van der Waals surface area contributed by atoms with Gasteiger partial charge in [0.15, 0.2) is 0 Å². The molecular weight excluding hydrogens is 342 g/mol. The largest absolute Gasteiger partial charge is 0.467 e. The van der Waals surface area contributed by atoms with E-state index in [1.807, 2.05) is 17.0 Å². The number of aromatic nitrogens is 2. The maximum absolute atomic E-state index is 13.0. The third kappa shape index (κ3) is 5.07. The Morgan fingerprint density at radius 2 is 1.96 bits per heavy atom. The number of carbonyl (C=O) groups is 1. The SMILES string of the molecule is C.CN1CCN(C(=O)c2cnc(C(C)(C)C)nc2NCc2ccco2)CC1. The smallest absolute Gasteiger partial charge is 0.259 e. The van der Waals surface area contributed by atoms with Gasteiger partial charge in [0.2, 0.25) is 0 Å². The van der Waals surface area contributed by atoms with Crippen LogP contribution in [0, 0.1) is 0 Å². The van der Waals surface area contributed by atoms with Gasteiger partial charge in [0.1, 0.15) is 23.0 Å². The van der Waals surface area contributed by atoms with Crippen molar-refractivity contribution in [3.05, 3.63) is 41.7 Å². The van der Waals surface area contributed by atoms with E-state index in [4.69, 9.17) is 4.42 Å². The molecule has 3 rings (SSSR count). The van der Waals surface area contributed by atoms with E-state index < -0.39 is 0 Å². The maximum Gasteiger partial charge on any atom is 0.259 e. The normalized spacial score (nSPS) is 15.3. The highest BCUT2D eigenvalue weighted by Crippen LogP contribution is 2.23. The summed E-state index contributed by atoms with van der Waals surface area (Å²) in [4.78, 5) is 26.2. The average Bonchev–Trinajstić information content (AvgIpc) is 3.12. The second-order valence-electron chi connectivity index (χ2n) is 7.73. The number of nitrogens with zero attached hydrogens (tertiary/aromatic N) is 4. The van der Waals surface area contributed by atoms with Crippen LogP contribution in [0.25, 0.3) is 0 Å². The van der Waals surface area contributed by atoms with Crippen molar-refractivity contribution in [2.45, 2.75) is 40.2 Å². The fourth-order valence-corrected chi connectivity index (χ4v) is 2.80. The molecule has 7 heteroatoms. The van der Waals surface area contributed by atoms with Crippen molar-refractivity contribution in [2.75, 3.05) is 38.5 Å². The Morgan fingerprint density at radius 3 is 2.56 bits per heavy atom. The number of anilines is 1. The molecule has 0 bridgehead atoms. The summed E-state index contributed by atoms with van der Waals surface area (Å²) < 4.78 is 5.37. The molecule has 0 unspecified atom stereocenters. The Bertz CT molecular complexity index is 744. The Labute approximate surface area is 161 Å². The molecule has 1 fully saturated rings. The van der Waals surface area contributed by atoms with Crippen molar-refractivity contribution in [3.63, 3.8) is 0 Å². The number of amides is 1. The van der Waals surface area contributed by atoms with Crippen molar-refractivity contribution in [2.24, 2.45) is 0 Å². The van der Waals surface area contributed by atoms with Gasteiger partial charge in [0, 0.05) is 37.8 Å². The van der Waals surface area contributed by atoms with E-state index in [-0.39, 0.29) is 18.7 Å². The van der Waals surface area contributed by atoms with E-state index in [0.29, 0.717) is 36.8 Å². The zero-order valence-corrected chi connectivity index (χ0v) is 16.0. The van der Waals surface area contributed by atoms with Crippen LogP contribution in [0.5, 0.6) is 0 Å². The van der Waals surface area contributed by atoms with Gasteiger partial charge in [-0.1, -0.05) is 28.2 Å². The van der Waals surface area contributed by atoms with Crippen molar-refractivity contribution >= 4 is 11.7 Å². The summed E-state index contributed by atoms with van der Waals surface area (Å²) in [5, 5.41) is 3.25. The fourth-order valence-electron chi connectivity index (χ4n) is 2.80. The number of likely N-dealkylation sites (N-methyl/N-ethyl adjacent to an activating group) is 1. The second kappa shape index (κ2) is 8.52. The van der Waals surface area contributed by atoms with E-state index in [2.05, 4.69) is 48.0 Å². The standard InChI is InChI=1S/C19H27N5O2.CH4/c1-19(2,3)18-21-13-15(17(25)24-9-7-23(4)8-10-24)16(22-18)20-12-14-6-5-11-26-14;/h5-6,11,13H,7-10,12H2,1-4H3,(H,20,21,22);1H4. The van der Waals surface area contributed by atoms with E-state index in [1.165, 1.54) is 0 Å². The zero-order chi connectivity index (χ0) is 18.7. The van der Waals surface area contributed by atoms with Crippen LogP contribution in [0.2, 0.25) is 0 Å². The van der Waals surface area contributed by atoms with Crippen LogP contribution in [0.4, 0.5) is 5.82 Å². The van der Waals surface area contributed by atoms with Crippen molar-refractivity contribution < 1.29 is 9.21 Å². The number of nitrogens with one attached hydrogen (secondary N) is 1. The molecule has 27 heavy (non-hydrogen) atoms. The van der Waals surface area contributed by atoms with Gasteiger partial charge in [-0.05, 0) is 19.2 Å². The highest BCUT2D eigenvalue weighted by molar-refractivity contribution is 5.98. The van der Waals surface area contributed by atoms with E-state index in [0.717, 1.165) is 18.8 Å². The lowest BCUT2D eigenvalue weighted by Crippen LogP contribution is -2.47. The number of hydrogen-bond donors (Lipinski definition) is 1. The minimum absolute atomic E-state index is 0. The molecule has 1 amide bonds. The van der Waals surface area contributed by atoms with Gasteiger partial charge in [-0.15, -0.1) is 0 Å². The number of furan rings is 1. The summed E-state index contributed by atoms with van der Waals surface area (Å²) in [6, 6.07) is 3.73. The van der Waals surface area contributed by atoms with Gasteiger partial charge in [-0.2, -0.15) is 0 Å². The highest BCUT2D eigenvalue weighted by Gasteiger charge is 2.26. The summed E-state index contributed by atoms with van der Waals surface area (Å²) in [7, 11) is 2.07. The molecule has 0 saturated carbocycles. The van der Waals surface area contributed by atoms with Crippen LogP contribution in [0.3, 0.4) is 0 Å². The monoisotopic (exact) mass is 373 g/mol. The lowest BCUT2D eigenvalue weighted by Gasteiger charge is -2.32. The highest BCUT2D eigenvalue weighted by atomic mass is 16.3. The van der Waals surface area contributed by atoms with Crippen molar-refractivity contribution in [3.8, 4) is 0 Å². The fraction of sp³-hybridized carbons (Fsp3) is 0.550. The first-order valence-corrected chi connectivity index (χ1v) is 8.96. The molecule has 2 aromatic heterocycles. The molecule has 3 heterocycles. The number of hydrogen-bond acceptors (Lipinski definition) is 6. The average molecular weight is 374 g/mol. The third-order valence-electron chi connectivity index (χ3n) is 4.49. The topological polar surface area (TPSA) is 74.5 Å². The number of rotatable bonds is 4. The van der Waals surface area contributed by atoms with Crippen molar-refractivity contribution in [1.29, 1.82) is 0 Å². The lowest BCUT2D eigenvalue weighted by atomic mass is 9.95. The quantitative estimate of drug-likeness (QED) is 0.888. The van der Waals surface area contributed by atoms with E-state index >= 15 is 0 Å². The maximum atomic E-state index is 13.0. The van der Waals surface area contributed by atoms with Crippen LogP contribution >= 0.6 is 0 Å². The summed E-state index contributed by atoms with van der Waals surface area (Å²) in [6.07, 6.45) is 3.28. The molecule has 1 aliphatic rings. The summed E-state index contributed by atoms with van der Waals surface area (Å²) in [6.45, 7) is 9.82. The van der Waals surface area contributed by atoms with E-state index in [1.54, 1.807) is 12.5 Å². The van der Waals surface area contributed by atoms with E-state index in [9.17, 15) is 4.79 Å². The molecule has 1 aliphatic heterocycles. The molecule has 1 saturated heterocycles. The first kappa shape index (κ1) is 20.9. The van der Waals surface area contributed by atoms with Crippen LogP contribution in [0.15, 0.2) is 29.0 Å². The zero-order valence-electron chi connectivity index (χ0n) is 16.0. The minimum Gasteiger partial charge on any atom is -0.467 e. The molecule has 0 aromatic carbocycles. The molecule has 2 aromatic rings. The first-order chi connectivity index (χ1) is 12.3. The Morgan fingerprint density at radius 1 is 1.26 bits per heavy atom. The summed E-state index contributed by atoms with van der Waals surface area (Å²) in [5.41, 5.74) is 0.311. The predicted molar refractivity (Wildman–Crippen MR) is 107 cm³/mol. The Balaban J connectivity index is 0.00000261. The van der Waals surface area contributed by atoms with Crippen LogP contribution in [-0.4, -0.2) is 58.9 Å². The van der Waals surface area contributed by atoms with Gasteiger partial charge >= 0.3 is 0 Å².